The van der Waals surface area contributed by atoms with Crippen LogP contribution in [0.2, 0.25) is 0 Å². The number of urea groups is 1. The fraction of sp³-hybridized carbons (Fsp3) is 0.562. The maximum Gasteiger partial charge on any atom is 0.315 e. The summed E-state index contributed by atoms with van der Waals surface area (Å²) in [7, 11) is 0. The smallest absolute Gasteiger partial charge is 0.315 e. The molecule has 7 heteroatoms. The van der Waals surface area contributed by atoms with Crippen LogP contribution in [0.25, 0.3) is 0 Å². The molecule has 2 aliphatic rings. The second-order valence-electron chi connectivity index (χ2n) is 6.41. The van der Waals surface area contributed by atoms with Crippen molar-refractivity contribution in [2.75, 3.05) is 0 Å². The highest BCUT2D eigenvalue weighted by molar-refractivity contribution is 7.10. The van der Waals surface area contributed by atoms with Crippen molar-refractivity contribution in [3.05, 3.63) is 32.7 Å². The molecule has 2 atom stereocenters. The number of hydrogen-bond acceptors (Lipinski definition) is 5. The summed E-state index contributed by atoms with van der Waals surface area (Å²) in [4.78, 5) is 21.4. The molecule has 2 aromatic rings. The molecule has 2 N–H and O–H groups in total. The van der Waals surface area contributed by atoms with E-state index in [1.165, 1.54) is 17.8 Å². The van der Waals surface area contributed by atoms with E-state index >= 15 is 0 Å². The largest absolute Gasteiger partial charge is 0.330 e. The molecule has 2 aromatic heterocycles. The number of hydrogen-bond donors (Lipinski definition) is 2. The Hall–Kier alpha value is -1.47. The summed E-state index contributed by atoms with van der Waals surface area (Å²) in [5.41, 5.74) is 0.962. The topological polar surface area (TPSA) is 66.9 Å². The van der Waals surface area contributed by atoms with Gasteiger partial charge in [-0.05, 0) is 38.5 Å². The molecule has 0 bridgehead atoms. The van der Waals surface area contributed by atoms with Gasteiger partial charge >= 0.3 is 6.03 Å². The highest BCUT2D eigenvalue weighted by Gasteiger charge is 2.35. The first kappa shape index (κ1) is 15.1. The molecule has 0 radical (unpaired) electrons. The lowest BCUT2D eigenvalue weighted by molar-refractivity contribution is 0.232. The lowest BCUT2D eigenvalue weighted by Crippen LogP contribution is -2.40. The third-order valence-electron chi connectivity index (χ3n) is 4.36. The van der Waals surface area contributed by atoms with E-state index in [0.29, 0.717) is 11.8 Å². The van der Waals surface area contributed by atoms with Crippen LogP contribution in [-0.4, -0.2) is 16.0 Å². The Balaban J connectivity index is 1.36. The van der Waals surface area contributed by atoms with Gasteiger partial charge in [-0.1, -0.05) is 0 Å². The van der Waals surface area contributed by atoms with Gasteiger partial charge in [0.05, 0.1) is 22.8 Å². The SMILES string of the molecule is C[C@@H](NC(=O)N[C@@H](c1nccs1)C1CC1)c1csc(C2CC2)n1. The van der Waals surface area contributed by atoms with E-state index in [4.69, 9.17) is 0 Å². The van der Waals surface area contributed by atoms with Gasteiger partial charge in [0.25, 0.3) is 0 Å². The zero-order valence-electron chi connectivity index (χ0n) is 13.0. The minimum atomic E-state index is -0.134. The third-order valence-corrected chi connectivity index (χ3v) is 6.24. The average molecular weight is 348 g/mol. The number of nitrogens with zero attached hydrogens (tertiary/aromatic N) is 2. The number of carbonyl (C=O) groups excluding carboxylic acids is 1. The lowest BCUT2D eigenvalue weighted by atomic mass is 10.2. The summed E-state index contributed by atoms with van der Waals surface area (Å²) in [5, 5.41) is 12.4. The molecule has 2 aliphatic carbocycles. The van der Waals surface area contributed by atoms with Gasteiger partial charge in [0.15, 0.2) is 0 Å². The molecule has 2 amide bonds. The van der Waals surface area contributed by atoms with E-state index in [9.17, 15) is 4.79 Å². The van der Waals surface area contributed by atoms with Crippen LogP contribution in [0.4, 0.5) is 4.79 Å². The van der Waals surface area contributed by atoms with Crippen LogP contribution in [-0.2, 0) is 0 Å². The summed E-state index contributed by atoms with van der Waals surface area (Å²) in [6.45, 7) is 1.99. The van der Waals surface area contributed by atoms with Crippen molar-refractivity contribution in [1.82, 2.24) is 20.6 Å². The summed E-state index contributed by atoms with van der Waals surface area (Å²) in [6, 6.07) is -0.167. The zero-order chi connectivity index (χ0) is 15.8. The molecule has 2 heterocycles. The average Bonchev–Trinajstić information content (AvgIpc) is 3.45. The number of carbonyl (C=O) groups is 1. The van der Waals surface area contributed by atoms with Crippen LogP contribution < -0.4 is 10.6 Å². The fourth-order valence-corrected chi connectivity index (χ4v) is 4.54. The van der Waals surface area contributed by atoms with Crippen molar-refractivity contribution in [3.8, 4) is 0 Å². The zero-order valence-corrected chi connectivity index (χ0v) is 14.6. The predicted molar refractivity (Wildman–Crippen MR) is 91.8 cm³/mol. The minimum absolute atomic E-state index is 0.0414. The molecule has 0 saturated heterocycles. The van der Waals surface area contributed by atoms with Gasteiger partial charge in [-0.2, -0.15) is 0 Å². The first-order valence-electron chi connectivity index (χ1n) is 8.12. The van der Waals surface area contributed by atoms with Crippen molar-refractivity contribution in [2.45, 2.75) is 50.6 Å². The van der Waals surface area contributed by atoms with E-state index in [2.05, 4.69) is 26.0 Å². The maximum absolute atomic E-state index is 12.3. The Kier molecular flexibility index (Phi) is 4.07. The summed E-state index contributed by atoms with van der Waals surface area (Å²) in [5.74, 6) is 1.20. The highest BCUT2D eigenvalue weighted by atomic mass is 32.1. The van der Waals surface area contributed by atoms with E-state index in [1.54, 1.807) is 28.9 Å². The monoisotopic (exact) mass is 348 g/mol. The van der Waals surface area contributed by atoms with Gasteiger partial charge in [-0.15, -0.1) is 22.7 Å². The summed E-state index contributed by atoms with van der Waals surface area (Å²) < 4.78 is 0. The van der Waals surface area contributed by atoms with Crippen molar-refractivity contribution < 1.29 is 4.79 Å². The molecule has 0 aromatic carbocycles. The Morgan fingerprint density at radius 2 is 2.09 bits per heavy atom. The Labute approximate surface area is 143 Å². The maximum atomic E-state index is 12.3. The number of thiazole rings is 2. The standard InChI is InChI=1S/C16H20N4OS2/c1-9(12-8-23-14(19-12)11-4-5-11)18-16(21)20-13(10-2-3-10)15-17-6-7-22-15/h6-11,13H,2-5H2,1H3,(H2,18,20,21)/t9-,13-/m1/s1. The van der Waals surface area contributed by atoms with E-state index in [1.807, 2.05) is 12.3 Å². The molecular weight excluding hydrogens is 328 g/mol. The summed E-state index contributed by atoms with van der Waals surface area (Å²) >= 11 is 3.32. The van der Waals surface area contributed by atoms with Crippen LogP contribution >= 0.6 is 22.7 Å². The highest BCUT2D eigenvalue weighted by Crippen LogP contribution is 2.42. The van der Waals surface area contributed by atoms with Gasteiger partial charge in [0.1, 0.15) is 5.01 Å². The van der Waals surface area contributed by atoms with Crippen molar-refractivity contribution in [3.63, 3.8) is 0 Å². The predicted octanol–water partition coefficient (Wildman–Crippen LogP) is 3.99. The van der Waals surface area contributed by atoms with Gasteiger partial charge < -0.3 is 10.6 Å². The van der Waals surface area contributed by atoms with Crippen molar-refractivity contribution >= 4 is 28.7 Å². The summed E-state index contributed by atoms with van der Waals surface area (Å²) in [6.07, 6.45) is 6.64. The molecule has 0 spiro atoms. The normalized spacial score (nSPS) is 20.0. The van der Waals surface area contributed by atoms with Gasteiger partial charge in [-0.3, -0.25) is 0 Å². The molecule has 2 fully saturated rings. The lowest BCUT2D eigenvalue weighted by Gasteiger charge is -2.18. The second-order valence-corrected chi connectivity index (χ2v) is 8.23. The first-order chi connectivity index (χ1) is 11.2. The molecule has 0 unspecified atom stereocenters. The molecule has 5 nitrogen and oxygen atoms in total. The number of nitrogens with one attached hydrogen (secondary N) is 2. The van der Waals surface area contributed by atoms with E-state index in [0.717, 1.165) is 23.5 Å². The van der Waals surface area contributed by atoms with Crippen molar-refractivity contribution in [1.29, 1.82) is 0 Å². The molecule has 122 valence electrons. The molecule has 23 heavy (non-hydrogen) atoms. The Bertz CT molecular complexity index is 676. The molecular formula is C16H20N4OS2. The molecule has 4 rings (SSSR count). The van der Waals surface area contributed by atoms with E-state index < -0.39 is 0 Å². The van der Waals surface area contributed by atoms with Crippen LogP contribution in [0.1, 0.15) is 66.3 Å². The molecule has 2 saturated carbocycles. The Morgan fingerprint density at radius 1 is 1.26 bits per heavy atom. The molecule has 0 aliphatic heterocycles. The van der Waals surface area contributed by atoms with Crippen LogP contribution in [0, 0.1) is 5.92 Å². The number of rotatable bonds is 6. The van der Waals surface area contributed by atoms with Crippen LogP contribution in [0.3, 0.4) is 0 Å². The van der Waals surface area contributed by atoms with Gasteiger partial charge in [0, 0.05) is 22.9 Å². The van der Waals surface area contributed by atoms with E-state index in [-0.39, 0.29) is 18.1 Å². The quantitative estimate of drug-likeness (QED) is 0.829. The van der Waals surface area contributed by atoms with Gasteiger partial charge in [0.2, 0.25) is 0 Å². The number of amides is 2. The van der Waals surface area contributed by atoms with Gasteiger partial charge in [-0.25, -0.2) is 14.8 Å². The third kappa shape index (κ3) is 3.55. The van der Waals surface area contributed by atoms with Crippen molar-refractivity contribution in [2.24, 2.45) is 5.92 Å². The number of aromatic nitrogens is 2. The second kappa shape index (κ2) is 6.20. The first-order valence-corrected chi connectivity index (χ1v) is 9.88. The van der Waals surface area contributed by atoms with Crippen LogP contribution in [0.5, 0.6) is 0 Å². The minimum Gasteiger partial charge on any atom is -0.330 e. The van der Waals surface area contributed by atoms with Crippen LogP contribution in [0.15, 0.2) is 17.0 Å². The Morgan fingerprint density at radius 3 is 2.74 bits per heavy atom. The fourth-order valence-electron chi connectivity index (χ4n) is 2.67.